The van der Waals surface area contributed by atoms with E-state index in [1.165, 1.54) is 19.3 Å². The Hall–Kier alpha value is -1.55. The van der Waals surface area contributed by atoms with E-state index < -0.39 is 5.97 Å². The third-order valence-corrected chi connectivity index (χ3v) is 3.40. The van der Waals surface area contributed by atoms with Gasteiger partial charge >= 0.3 is 5.97 Å². The predicted octanol–water partition coefficient (Wildman–Crippen LogP) is 2.64. The summed E-state index contributed by atoms with van der Waals surface area (Å²) < 4.78 is 5.82. The smallest absolute Gasteiger partial charge is 0.335 e. The maximum absolute atomic E-state index is 10.7. The molecule has 0 spiro atoms. The number of ether oxygens (including phenoxy) is 1. The summed E-state index contributed by atoms with van der Waals surface area (Å²) in [4.78, 5) is 13.2. The Morgan fingerprint density at radius 1 is 1.26 bits per heavy atom. The van der Waals surface area contributed by atoms with Gasteiger partial charge in [0.1, 0.15) is 11.9 Å². The Labute approximate surface area is 114 Å². The zero-order valence-electron chi connectivity index (χ0n) is 11.3. The van der Waals surface area contributed by atoms with Crippen LogP contribution in [0.3, 0.4) is 0 Å². The van der Waals surface area contributed by atoms with Crippen LogP contribution in [0.2, 0.25) is 0 Å². The summed E-state index contributed by atoms with van der Waals surface area (Å²) in [5.41, 5.74) is 0.288. The Kier molecular flexibility index (Phi) is 4.80. The van der Waals surface area contributed by atoms with E-state index in [1.807, 2.05) is 0 Å². The minimum atomic E-state index is -0.909. The summed E-state index contributed by atoms with van der Waals surface area (Å²) >= 11 is 0. The van der Waals surface area contributed by atoms with Crippen LogP contribution in [0.4, 0.5) is 0 Å². The molecule has 0 amide bonds. The van der Waals surface area contributed by atoms with Gasteiger partial charge in [0.15, 0.2) is 0 Å². The number of hydrogen-bond donors (Lipinski definition) is 1. The van der Waals surface area contributed by atoms with Gasteiger partial charge in [-0.05, 0) is 57.1 Å². The van der Waals surface area contributed by atoms with Gasteiger partial charge in [0.05, 0.1) is 5.56 Å². The van der Waals surface area contributed by atoms with E-state index in [9.17, 15) is 4.79 Å². The molecule has 1 unspecified atom stereocenters. The number of rotatable bonds is 5. The Balaban J connectivity index is 1.83. The molecule has 19 heavy (non-hydrogen) atoms. The summed E-state index contributed by atoms with van der Waals surface area (Å²) in [6.45, 7) is 5.30. The molecule has 1 aromatic rings. The summed E-state index contributed by atoms with van der Waals surface area (Å²) in [5.74, 6) is -0.178. The van der Waals surface area contributed by atoms with E-state index in [2.05, 4.69) is 11.8 Å². The molecule has 2 rings (SSSR count). The molecule has 1 aromatic carbocycles. The van der Waals surface area contributed by atoms with Crippen molar-refractivity contribution in [2.75, 3.05) is 19.6 Å². The second kappa shape index (κ2) is 6.57. The molecule has 0 saturated carbocycles. The lowest BCUT2D eigenvalue weighted by molar-refractivity contribution is 0.0697. The summed E-state index contributed by atoms with van der Waals surface area (Å²) in [5, 5.41) is 8.83. The van der Waals surface area contributed by atoms with Gasteiger partial charge in [-0.2, -0.15) is 0 Å². The molecule has 0 bridgehead atoms. The largest absolute Gasteiger partial charge is 0.489 e. The van der Waals surface area contributed by atoms with Crippen LogP contribution in [0, 0.1) is 0 Å². The Morgan fingerprint density at radius 2 is 1.89 bits per heavy atom. The fourth-order valence-corrected chi connectivity index (χ4v) is 2.45. The first-order chi connectivity index (χ1) is 9.15. The molecule has 0 radical (unpaired) electrons. The molecule has 0 aliphatic carbocycles. The maximum Gasteiger partial charge on any atom is 0.335 e. The van der Waals surface area contributed by atoms with Crippen molar-refractivity contribution < 1.29 is 14.6 Å². The van der Waals surface area contributed by atoms with Crippen molar-refractivity contribution in [2.45, 2.75) is 32.3 Å². The number of aromatic carboxylic acids is 1. The van der Waals surface area contributed by atoms with Crippen molar-refractivity contribution in [3.05, 3.63) is 29.8 Å². The Bertz CT molecular complexity index is 410. The van der Waals surface area contributed by atoms with Gasteiger partial charge < -0.3 is 9.84 Å². The number of piperidine rings is 1. The molecule has 4 nitrogen and oxygen atoms in total. The quantitative estimate of drug-likeness (QED) is 0.887. The first-order valence-corrected chi connectivity index (χ1v) is 6.87. The average molecular weight is 263 g/mol. The van der Waals surface area contributed by atoms with Crippen molar-refractivity contribution in [3.63, 3.8) is 0 Å². The lowest BCUT2D eigenvalue weighted by Gasteiger charge is -2.29. The number of carboxylic acid groups (broad SMARTS) is 1. The van der Waals surface area contributed by atoms with Gasteiger partial charge in [-0.15, -0.1) is 0 Å². The molecule has 1 fully saturated rings. The fourth-order valence-electron chi connectivity index (χ4n) is 2.45. The van der Waals surface area contributed by atoms with Gasteiger partial charge in [0.25, 0.3) is 0 Å². The molecule has 1 atom stereocenters. The summed E-state index contributed by atoms with van der Waals surface area (Å²) in [6, 6.07) is 6.59. The van der Waals surface area contributed by atoms with Crippen LogP contribution in [0.15, 0.2) is 24.3 Å². The van der Waals surface area contributed by atoms with E-state index in [1.54, 1.807) is 24.3 Å². The monoisotopic (exact) mass is 263 g/mol. The lowest BCUT2D eigenvalue weighted by atomic mass is 10.1. The molecule has 1 aliphatic rings. The third-order valence-electron chi connectivity index (χ3n) is 3.40. The normalized spacial score (nSPS) is 17.9. The van der Waals surface area contributed by atoms with Crippen molar-refractivity contribution in [1.29, 1.82) is 0 Å². The van der Waals surface area contributed by atoms with Crippen molar-refractivity contribution >= 4 is 5.97 Å². The van der Waals surface area contributed by atoms with Gasteiger partial charge in [0.2, 0.25) is 0 Å². The molecule has 1 heterocycles. The van der Waals surface area contributed by atoms with Crippen LogP contribution >= 0.6 is 0 Å². The number of likely N-dealkylation sites (tertiary alicyclic amines) is 1. The number of carboxylic acids is 1. The molecule has 104 valence electrons. The maximum atomic E-state index is 10.7. The number of carbonyl (C=O) groups is 1. The fraction of sp³-hybridized carbons (Fsp3) is 0.533. The average Bonchev–Trinajstić information content (AvgIpc) is 2.40. The number of hydrogen-bond acceptors (Lipinski definition) is 3. The van der Waals surface area contributed by atoms with E-state index in [0.29, 0.717) is 0 Å². The zero-order chi connectivity index (χ0) is 13.7. The van der Waals surface area contributed by atoms with E-state index in [4.69, 9.17) is 9.84 Å². The van der Waals surface area contributed by atoms with Crippen molar-refractivity contribution in [3.8, 4) is 5.75 Å². The van der Waals surface area contributed by atoms with Gasteiger partial charge in [-0.25, -0.2) is 4.79 Å². The minimum absolute atomic E-state index is 0.119. The third kappa shape index (κ3) is 4.24. The summed E-state index contributed by atoms with van der Waals surface area (Å²) in [6.07, 6.45) is 4.01. The molecule has 0 aromatic heterocycles. The van der Waals surface area contributed by atoms with Crippen LogP contribution in [0.1, 0.15) is 36.5 Å². The highest BCUT2D eigenvalue weighted by Gasteiger charge is 2.14. The molecule has 4 heteroatoms. The van der Waals surface area contributed by atoms with E-state index in [-0.39, 0.29) is 11.7 Å². The second-order valence-corrected chi connectivity index (χ2v) is 5.12. The standard InChI is InChI=1S/C15H21NO3/c1-12(11-16-9-3-2-4-10-16)19-14-7-5-13(6-8-14)15(17)18/h5-8,12H,2-4,9-11H2,1H3,(H,17,18). The number of nitrogens with zero attached hydrogens (tertiary/aromatic N) is 1. The van der Waals surface area contributed by atoms with Crippen LogP contribution in [0.5, 0.6) is 5.75 Å². The SMILES string of the molecule is CC(CN1CCCCC1)Oc1ccc(C(=O)O)cc1. The highest BCUT2D eigenvalue weighted by atomic mass is 16.5. The van der Waals surface area contributed by atoms with Gasteiger partial charge in [0, 0.05) is 6.54 Å². The van der Waals surface area contributed by atoms with Crippen LogP contribution in [0.25, 0.3) is 0 Å². The minimum Gasteiger partial charge on any atom is -0.489 e. The first-order valence-electron chi connectivity index (χ1n) is 6.87. The predicted molar refractivity (Wildman–Crippen MR) is 73.8 cm³/mol. The molecular formula is C15H21NO3. The molecule has 1 aliphatic heterocycles. The van der Waals surface area contributed by atoms with Gasteiger partial charge in [-0.1, -0.05) is 6.42 Å². The van der Waals surface area contributed by atoms with E-state index >= 15 is 0 Å². The highest BCUT2D eigenvalue weighted by Crippen LogP contribution is 2.15. The van der Waals surface area contributed by atoms with E-state index in [0.717, 1.165) is 25.4 Å². The molecule has 1 N–H and O–H groups in total. The number of benzene rings is 1. The molecular weight excluding hydrogens is 242 g/mol. The second-order valence-electron chi connectivity index (χ2n) is 5.12. The van der Waals surface area contributed by atoms with Crippen molar-refractivity contribution in [1.82, 2.24) is 4.90 Å². The summed E-state index contributed by atoms with van der Waals surface area (Å²) in [7, 11) is 0. The van der Waals surface area contributed by atoms with Crippen LogP contribution in [-0.2, 0) is 0 Å². The van der Waals surface area contributed by atoms with Crippen LogP contribution < -0.4 is 4.74 Å². The lowest BCUT2D eigenvalue weighted by Crippen LogP contribution is -2.37. The van der Waals surface area contributed by atoms with Gasteiger partial charge in [-0.3, -0.25) is 4.90 Å². The first kappa shape index (κ1) is 13.9. The van der Waals surface area contributed by atoms with Crippen molar-refractivity contribution in [2.24, 2.45) is 0 Å². The topological polar surface area (TPSA) is 49.8 Å². The zero-order valence-corrected chi connectivity index (χ0v) is 11.3. The van der Waals surface area contributed by atoms with Crippen LogP contribution in [-0.4, -0.2) is 41.7 Å². The Morgan fingerprint density at radius 3 is 2.47 bits per heavy atom. The highest BCUT2D eigenvalue weighted by molar-refractivity contribution is 5.87. The molecule has 1 saturated heterocycles.